The molecule has 2 aromatic heterocycles. The van der Waals surface area contributed by atoms with Gasteiger partial charge in [-0.25, -0.2) is 8.78 Å². The van der Waals surface area contributed by atoms with E-state index in [1.807, 2.05) is 48.7 Å². The maximum Gasteiger partial charge on any atom is 0.150 e. The van der Waals surface area contributed by atoms with Gasteiger partial charge in [0.1, 0.15) is 30.1 Å². The number of hydrogen-bond donors (Lipinski definition) is 3. The Balaban J connectivity index is 1.30. The second kappa shape index (κ2) is 9.60. The minimum Gasteiger partial charge on any atom is -0.490 e. The van der Waals surface area contributed by atoms with Crippen LogP contribution in [-0.2, 0) is 6.42 Å². The number of benzene rings is 2. The number of aliphatic hydroxyl groups excluding tert-OH is 1. The topological polar surface area (TPSA) is 57.3 Å². The Morgan fingerprint density at radius 2 is 2.00 bits per heavy atom. The number of aromatic nitrogens is 1. The number of para-hydroxylation sites is 1. The number of aromatic amines is 1. The number of halogens is 2. The highest BCUT2D eigenvalue weighted by Crippen LogP contribution is 2.33. The van der Waals surface area contributed by atoms with Gasteiger partial charge in [-0.15, -0.1) is 11.3 Å². The smallest absolute Gasteiger partial charge is 0.150 e. The van der Waals surface area contributed by atoms with Crippen molar-refractivity contribution in [2.24, 2.45) is 0 Å². The molecule has 31 heavy (non-hydrogen) atoms. The summed E-state index contributed by atoms with van der Waals surface area (Å²) in [6.45, 7) is 2.47. The molecule has 2 atom stereocenters. The third kappa shape index (κ3) is 5.12. The molecule has 0 fully saturated rings. The van der Waals surface area contributed by atoms with Gasteiger partial charge in [-0.05, 0) is 48.6 Å². The van der Waals surface area contributed by atoms with Crippen LogP contribution in [0, 0.1) is 11.6 Å². The lowest BCUT2D eigenvalue weighted by Crippen LogP contribution is -2.37. The number of nitrogens with one attached hydrogen (secondary N) is 2. The van der Waals surface area contributed by atoms with Crippen molar-refractivity contribution in [2.75, 3.05) is 13.2 Å². The Bertz CT molecular complexity index is 1140. The summed E-state index contributed by atoms with van der Waals surface area (Å²) in [5.74, 6) is -0.459. The monoisotopic (exact) mass is 442 g/mol. The van der Waals surface area contributed by atoms with Crippen LogP contribution in [0.4, 0.5) is 8.78 Å². The molecule has 0 aliphatic heterocycles. The van der Waals surface area contributed by atoms with Crippen LogP contribution in [0.2, 0.25) is 0 Å². The Labute approximate surface area is 183 Å². The Hall–Kier alpha value is -2.74. The van der Waals surface area contributed by atoms with Gasteiger partial charge in [-0.3, -0.25) is 0 Å². The zero-order chi connectivity index (χ0) is 21.8. The lowest BCUT2D eigenvalue weighted by molar-refractivity contribution is 0.104. The molecule has 0 aliphatic carbocycles. The second-order valence-corrected chi connectivity index (χ2v) is 8.52. The van der Waals surface area contributed by atoms with Gasteiger partial charge in [0.05, 0.1) is 5.52 Å². The van der Waals surface area contributed by atoms with E-state index in [-0.39, 0.29) is 12.6 Å². The van der Waals surface area contributed by atoms with Gasteiger partial charge >= 0.3 is 0 Å². The van der Waals surface area contributed by atoms with Gasteiger partial charge < -0.3 is 20.1 Å². The van der Waals surface area contributed by atoms with Crippen LogP contribution >= 0.6 is 11.3 Å². The first-order valence-corrected chi connectivity index (χ1v) is 11.0. The van der Waals surface area contributed by atoms with Gasteiger partial charge in [-0.1, -0.05) is 18.2 Å². The number of thiophene rings is 1. The first kappa shape index (κ1) is 21.5. The average molecular weight is 443 g/mol. The molecule has 0 aliphatic rings. The summed E-state index contributed by atoms with van der Waals surface area (Å²) in [7, 11) is 0. The van der Waals surface area contributed by atoms with Crippen molar-refractivity contribution in [2.45, 2.75) is 25.5 Å². The van der Waals surface area contributed by atoms with Crippen molar-refractivity contribution < 1.29 is 18.6 Å². The quantitative estimate of drug-likeness (QED) is 0.337. The summed E-state index contributed by atoms with van der Waals surface area (Å²) in [6.07, 6.45) is 1.57. The minimum atomic E-state index is -0.698. The molecule has 4 nitrogen and oxygen atoms in total. The molecule has 0 amide bonds. The molecular formula is C24H24F2N2O2S. The van der Waals surface area contributed by atoms with E-state index >= 15 is 0 Å². The predicted molar refractivity (Wildman–Crippen MR) is 121 cm³/mol. The standard InChI is InChI=1S/C24H24F2N2O2S/c1-15(9-16-12-28-24-20(16)10-17(25)11-21(24)26)27-13-18(29)14-30-22-6-3-2-5-19(22)23-7-4-8-31-23/h2-8,10-12,15,18,27-29H,9,13-14H2,1H3/t15-,18-/m0/s1. The third-order valence-electron chi connectivity index (χ3n) is 5.12. The van der Waals surface area contributed by atoms with Crippen molar-refractivity contribution >= 4 is 22.2 Å². The average Bonchev–Trinajstić information content (AvgIpc) is 3.42. The number of rotatable bonds is 9. The van der Waals surface area contributed by atoms with Crippen LogP contribution in [0.5, 0.6) is 5.75 Å². The van der Waals surface area contributed by atoms with E-state index in [4.69, 9.17) is 4.74 Å². The fourth-order valence-electron chi connectivity index (χ4n) is 3.59. The summed E-state index contributed by atoms with van der Waals surface area (Å²) >= 11 is 1.64. The van der Waals surface area contributed by atoms with Crippen LogP contribution in [0.25, 0.3) is 21.3 Å². The summed E-state index contributed by atoms with van der Waals surface area (Å²) in [6, 6.07) is 14.0. The maximum atomic E-state index is 13.9. The van der Waals surface area contributed by atoms with E-state index in [1.165, 1.54) is 6.07 Å². The summed E-state index contributed by atoms with van der Waals surface area (Å²) in [5, 5.41) is 16.2. The van der Waals surface area contributed by atoms with Gasteiger partial charge in [-0.2, -0.15) is 0 Å². The van der Waals surface area contributed by atoms with E-state index < -0.39 is 17.7 Å². The van der Waals surface area contributed by atoms with E-state index in [9.17, 15) is 13.9 Å². The summed E-state index contributed by atoms with van der Waals surface area (Å²) in [5.41, 5.74) is 2.13. The maximum absolute atomic E-state index is 13.9. The van der Waals surface area contributed by atoms with Gasteiger partial charge in [0, 0.05) is 40.7 Å². The molecule has 0 saturated carbocycles. The highest BCUT2D eigenvalue weighted by molar-refractivity contribution is 7.13. The molecule has 7 heteroatoms. The van der Waals surface area contributed by atoms with Crippen molar-refractivity contribution in [3.63, 3.8) is 0 Å². The Morgan fingerprint density at radius 1 is 1.16 bits per heavy atom. The number of ether oxygens (including phenoxy) is 1. The molecule has 0 unspecified atom stereocenters. The SMILES string of the molecule is C[C@@H](Cc1c[nH]c2c(F)cc(F)cc12)NC[C@H](O)COc1ccccc1-c1cccs1. The van der Waals surface area contributed by atoms with Crippen LogP contribution < -0.4 is 10.1 Å². The number of aliphatic hydroxyl groups is 1. The normalized spacial score (nSPS) is 13.4. The number of H-pyrrole nitrogens is 1. The van der Waals surface area contributed by atoms with Crippen LogP contribution in [0.3, 0.4) is 0 Å². The molecule has 162 valence electrons. The molecule has 0 radical (unpaired) electrons. The lowest BCUT2D eigenvalue weighted by Gasteiger charge is -2.18. The van der Waals surface area contributed by atoms with Gasteiger partial charge in [0.2, 0.25) is 0 Å². The van der Waals surface area contributed by atoms with E-state index in [2.05, 4.69) is 10.3 Å². The Morgan fingerprint density at radius 3 is 2.81 bits per heavy atom. The molecule has 0 spiro atoms. The molecule has 4 aromatic rings. The summed E-state index contributed by atoms with van der Waals surface area (Å²) in [4.78, 5) is 3.99. The van der Waals surface area contributed by atoms with Crippen molar-refractivity contribution in [1.29, 1.82) is 0 Å². The third-order valence-corrected chi connectivity index (χ3v) is 6.03. The van der Waals surface area contributed by atoms with Crippen molar-refractivity contribution in [1.82, 2.24) is 10.3 Å². The minimum absolute atomic E-state index is 0.00150. The van der Waals surface area contributed by atoms with E-state index in [1.54, 1.807) is 17.5 Å². The van der Waals surface area contributed by atoms with Crippen LogP contribution in [-0.4, -0.2) is 35.4 Å². The van der Waals surface area contributed by atoms with Gasteiger partial charge in [0.15, 0.2) is 0 Å². The summed E-state index contributed by atoms with van der Waals surface area (Å²) < 4.78 is 33.3. The van der Waals surface area contributed by atoms with Crippen molar-refractivity contribution in [3.8, 4) is 16.2 Å². The fraction of sp³-hybridized carbons (Fsp3) is 0.250. The largest absolute Gasteiger partial charge is 0.490 e. The van der Waals surface area contributed by atoms with Crippen LogP contribution in [0.1, 0.15) is 12.5 Å². The predicted octanol–water partition coefficient (Wildman–Crippen LogP) is 5.14. The fourth-order valence-corrected chi connectivity index (χ4v) is 4.35. The zero-order valence-electron chi connectivity index (χ0n) is 17.1. The molecule has 0 saturated heterocycles. The van der Waals surface area contributed by atoms with Crippen molar-refractivity contribution in [3.05, 3.63) is 77.3 Å². The Kier molecular flexibility index (Phi) is 6.65. The molecule has 0 bridgehead atoms. The molecular weight excluding hydrogens is 418 g/mol. The highest BCUT2D eigenvalue weighted by atomic mass is 32.1. The second-order valence-electron chi connectivity index (χ2n) is 7.58. The highest BCUT2D eigenvalue weighted by Gasteiger charge is 2.14. The number of hydrogen-bond acceptors (Lipinski definition) is 4. The van der Waals surface area contributed by atoms with Crippen LogP contribution in [0.15, 0.2) is 60.1 Å². The molecule has 4 rings (SSSR count). The molecule has 2 aromatic carbocycles. The lowest BCUT2D eigenvalue weighted by atomic mass is 10.1. The number of fused-ring (bicyclic) bond motifs is 1. The first-order valence-electron chi connectivity index (χ1n) is 10.1. The zero-order valence-corrected chi connectivity index (χ0v) is 17.9. The molecule has 3 N–H and O–H groups in total. The van der Waals surface area contributed by atoms with E-state index in [0.29, 0.717) is 23.9 Å². The molecule has 2 heterocycles. The van der Waals surface area contributed by atoms with Gasteiger partial charge in [0.25, 0.3) is 0 Å². The van der Waals surface area contributed by atoms with E-state index in [0.717, 1.165) is 27.8 Å². The first-order chi connectivity index (χ1) is 15.0.